The van der Waals surface area contributed by atoms with Crippen molar-refractivity contribution >= 4 is 5.97 Å². The second kappa shape index (κ2) is 9.03. The molecule has 1 aromatic carbocycles. The van der Waals surface area contributed by atoms with Gasteiger partial charge < -0.3 is 4.74 Å². The highest BCUT2D eigenvalue weighted by molar-refractivity contribution is 5.72. The van der Waals surface area contributed by atoms with E-state index >= 15 is 0 Å². The molecule has 122 valence electrons. The molecular formula is C19H24N2O2. The Kier molecular flexibility index (Phi) is 6.73. The number of carbonyl (C=O) groups excluding carboxylic acids is 1. The predicted molar refractivity (Wildman–Crippen MR) is 91.2 cm³/mol. The average molecular weight is 312 g/mol. The molecule has 0 aliphatic rings. The van der Waals surface area contributed by atoms with Gasteiger partial charge in [0.2, 0.25) is 0 Å². The molecule has 0 radical (unpaired) electrons. The van der Waals surface area contributed by atoms with Crippen molar-refractivity contribution in [2.24, 2.45) is 0 Å². The van der Waals surface area contributed by atoms with Gasteiger partial charge in [0.1, 0.15) is 5.75 Å². The number of carbonyl (C=O) groups is 1. The second-order valence-corrected chi connectivity index (χ2v) is 5.60. The van der Waals surface area contributed by atoms with Crippen LogP contribution in [0.4, 0.5) is 0 Å². The van der Waals surface area contributed by atoms with Crippen molar-refractivity contribution in [3.8, 4) is 17.0 Å². The van der Waals surface area contributed by atoms with Gasteiger partial charge in [0.15, 0.2) is 0 Å². The van der Waals surface area contributed by atoms with Gasteiger partial charge in [-0.15, -0.1) is 0 Å². The van der Waals surface area contributed by atoms with E-state index in [9.17, 15) is 4.79 Å². The van der Waals surface area contributed by atoms with Gasteiger partial charge >= 0.3 is 5.97 Å². The van der Waals surface area contributed by atoms with Crippen molar-refractivity contribution in [1.82, 2.24) is 9.97 Å². The Hall–Kier alpha value is -2.23. The Balaban J connectivity index is 1.97. The van der Waals surface area contributed by atoms with Crippen LogP contribution in [0.1, 0.15) is 51.6 Å². The fourth-order valence-electron chi connectivity index (χ4n) is 2.19. The highest BCUT2D eigenvalue weighted by Gasteiger charge is 2.05. The average Bonchev–Trinajstić information content (AvgIpc) is 2.59. The molecule has 2 rings (SSSR count). The normalized spacial score (nSPS) is 10.5. The Morgan fingerprint density at radius 1 is 1.00 bits per heavy atom. The first kappa shape index (κ1) is 17.1. The minimum Gasteiger partial charge on any atom is -0.427 e. The van der Waals surface area contributed by atoms with Gasteiger partial charge in [-0.05, 0) is 43.5 Å². The van der Waals surface area contributed by atoms with E-state index in [0.717, 1.165) is 49.1 Å². The molecule has 0 amide bonds. The molecule has 4 nitrogen and oxygen atoms in total. The molecule has 0 bridgehead atoms. The second-order valence-electron chi connectivity index (χ2n) is 5.60. The van der Waals surface area contributed by atoms with Crippen molar-refractivity contribution in [3.63, 3.8) is 0 Å². The van der Waals surface area contributed by atoms with Crippen LogP contribution in [0.15, 0.2) is 36.7 Å². The maximum atomic E-state index is 11.6. The van der Waals surface area contributed by atoms with Crippen LogP contribution in [0.2, 0.25) is 0 Å². The topological polar surface area (TPSA) is 52.1 Å². The summed E-state index contributed by atoms with van der Waals surface area (Å²) in [5, 5.41) is 0. The largest absolute Gasteiger partial charge is 0.427 e. The summed E-state index contributed by atoms with van der Waals surface area (Å²) < 4.78 is 5.30. The number of hydrogen-bond donors (Lipinski definition) is 0. The van der Waals surface area contributed by atoms with Crippen molar-refractivity contribution in [3.05, 3.63) is 42.4 Å². The molecule has 0 unspecified atom stereocenters. The van der Waals surface area contributed by atoms with Crippen LogP contribution in [-0.2, 0) is 11.2 Å². The molecule has 23 heavy (non-hydrogen) atoms. The van der Waals surface area contributed by atoms with Crippen LogP contribution >= 0.6 is 0 Å². The van der Waals surface area contributed by atoms with Crippen molar-refractivity contribution in [2.75, 3.05) is 0 Å². The van der Waals surface area contributed by atoms with Gasteiger partial charge in [0.25, 0.3) is 0 Å². The van der Waals surface area contributed by atoms with E-state index in [1.165, 1.54) is 0 Å². The van der Waals surface area contributed by atoms with E-state index in [1.807, 2.05) is 18.3 Å². The minimum atomic E-state index is -0.181. The molecule has 1 aromatic heterocycles. The lowest BCUT2D eigenvalue weighted by Crippen LogP contribution is -2.07. The van der Waals surface area contributed by atoms with Gasteiger partial charge in [-0.3, -0.25) is 14.8 Å². The number of esters is 1. The SMILES string of the molecule is CCCCC(=O)Oc1ccc(-c2cnc(CCCC)cn2)cc1. The Bertz CT molecular complexity index is 606. The zero-order valence-corrected chi connectivity index (χ0v) is 13.9. The van der Waals surface area contributed by atoms with Crippen LogP contribution in [0, 0.1) is 0 Å². The molecule has 0 saturated heterocycles. The number of benzene rings is 1. The molecular weight excluding hydrogens is 288 g/mol. The number of aromatic nitrogens is 2. The van der Waals surface area contributed by atoms with Crippen molar-refractivity contribution < 1.29 is 9.53 Å². The number of hydrogen-bond acceptors (Lipinski definition) is 4. The number of ether oxygens (including phenoxy) is 1. The van der Waals surface area contributed by atoms with Crippen LogP contribution in [0.3, 0.4) is 0 Å². The smallest absolute Gasteiger partial charge is 0.311 e. The lowest BCUT2D eigenvalue weighted by molar-refractivity contribution is -0.134. The van der Waals surface area contributed by atoms with Gasteiger partial charge in [0, 0.05) is 18.2 Å². The molecule has 0 saturated carbocycles. The molecule has 0 atom stereocenters. The fourth-order valence-corrected chi connectivity index (χ4v) is 2.19. The zero-order valence-electron chi connectivity index (χ0n) is 13.9. The lowest BCUT2D eigenvalue weighted by Gasteiger charge is -2.06. The summed E-state index contributed by atoms with van der Waals surface area (Å²) in [6.45, 7) is 4.22. The molecule has 2 aromatic rings. The molecule has 0 N–H and O–H groups in total. The third kappa shape index (κ3) is 5.47. The third-order valence-corrected chi connectivity index (χ3v) is 3.61. The Labute approximate surface area is 137 Å². The molecule has 1 heterocycles. The first-order chi connectivity index (χ1) is 11.2. The standard InChI is InChI=1S/C19H24N2O2/c1-3-5-7-16-13-21-18(14-20-16)15-9-11-17(12-10-15)23-19(22)8-6-4-2/h9-14H,3-8H2,1-2H3. The zero-order chi connectivity index (χ0) is 16.5. The van der Waals surface area contributed by atoms with E-state index in [2.05, 4.69) is 23.8 Å². The molecule has 0 aliphatic heterocycles. The van der Waals surface area contributed by atoms with E-state index < -0.39 is 0 Å². The summed E-state index contributed by atoms with van der Waals surface area (Å²) in [5.41, 5.74) is 2.82. The summed E-state index contributed by atoms with van der Waals surface area (Å²) >= 11 is 0. The van der Waals surface area contributed by atoms with Crippen molar-refractivity contribution in [1.29, 1.82) is 0 Å². The quantitative estimate of drug-likeness (QED) is 0.529. The summed E-state index contributed by atoms with van der Waals surface area (Å²) in [4.78, 5) is 20.5. The fraction of sp³-hybridized carbons (Fsp3) is 0.421. The summed E-state index contributed by atoms with van der Waals surface area (Å²) in [6, 6.07) is 7.40. The predicted octanol–water partition coefficient (Wildman–Crippen LogP) is 4.58. The van der Waals surface area contributed by atoms with Crippen molar-refractivity contribution in [2.45, 2.75) is 52.4 Å². The monoisotopic (exact) mass is 312 g/mol. The van der Waals surface area contributed by atoms with Crippen LogP contribution in [0.5, 0.6) is 5.75 Å². The maximum absolute atomic E-state index is 11.6. The van der Waals surface area contributed by atoms with Crippen LogP contribution < -0.4 is 4.74 Å². The number of aryl methyl sites for hydroxylation is 1. The summed E-state index contributed by atoms with van der Waals surface area (Å²) in [5.74, 6) is 0.391. The highest BCUT2D eigenvalue weighted by atomic mass is 16.5. The lowest BCUT2D eigenvalue weighted by atomic mass is 10.1. The first-order valence-electron chi connectivity index (χ1n) is 8.35. The maximum Gasteiger partial charge on any atom is 0.311 e. The van der Waals surface area contributed by atoms with Gasteiger partial charge in [-0.1, -0.05) is 26.7 Å². The summed E-state index contributed by atoms with van der Waals surface area (Å²) in [7, 11) is 0. The number of nitrogens with zero attached hydrogens (tertiary/aromatic N) is 2. The van der Waals surface area contributed by atoms with E-state index in [-0.39, 0.29) is 5.97 Å². The molecule has 0 aliphatic carbocycles. The van der Waals surface area contributed by atoms with E-state index in [0.29, 0.717) is 12.2 Å². The third-order valence-electron chi connectivity index (χ3n) is 3.61. The van der Waals surface area contributed by atoms with Crippen LogP contribution in [0.25, 0.3) is 11.3 Å². The Morgan fingerprint density at radius 3 is 2.35 bits per heavy atom. The van der Waals surface area contributed by atoms with Gasteiger partial charge in [0.05, 0.1) is 17.6 Å². The molecule has 0 spiro atoms. The number of unbranched alkanes of at least 4 members (excludes halogenated alkanes) is 2. The number of rotatable bonds is 8. The van der Waals surface area contributed by atoms with Crippen LogP contribution in [-0.4, -0.2) is 15.9 Å². The molecule has 0 fully saturated rings. The van der Waals surface area contributed by atoms with E-state index in [1.54, 1.807) is 18.3 Å². The first-order valence-corrected chi connectivity index (χ1v) is 8.35. The Morgan fingerprint density at radius 2 is 1.74 bits per heavy atom. The van der Waals surface area contributed by atoms with Gasteiger partial charge in [-0.2, -0.15) is 0 Å². The summed E-state index contributed by atoms with van der Waals surface area (Å²) in [6.07, 6.45) is 9.20. The van der Waals surface area contributed by atoms with Gasteiger partial charge in [-0.25, -0.2) is 0 Å². The molecule has 4 heteroatoms. The highest BCUT2D eigenvalue weighted by Crippen LogP contribution is 2.20. The van der Waals surface area contributed by atoms with E-state index in [4.69, 9.17) is 4.74 Å². The minimum absolute atomic E-state index is 0.181.